The number of esters is 1. The zero-order valence-corrected chi connectivity index (χ0v) is 13.6. The van der Waals surface area contributed by atoms with Gasteiger partial charge in [0.05, 0.1) is 0 Å². The molecule has 0 aromatic heterocycles. The minimum absolute atomic E-state index is 0.0444. The predicted octanol–water partition coefficient (Wildman–Crippen LogP) is 2.63. The average molecular weight is 333 g/mol. The number of carbonyl (C=O) groups is 2. The fourth-order valence-electron chi connectivity index (χ4n) is 2.66. The van der Waals surface area contributed by atoms with Crippen LogP contribution in [0.3, 0.4) is 0 Å². The van der Waals surface area contributed by atoms with Gasteiger partial charge in [0.15, 0.2) is 0 Å². The van der Waals surface area contributed by atoms with Crippen molar-refractivity contribution in [1.82, 2.24) is 0 Å². The van der Waals surface area contributed by atoms with Gasteiger partial charge in [0.2, 0.25) is 0 Å². The van der Waals surface area contributed by atoms with E-state index in [2.05, 4.69) is 14.8 Å². The Kier molecular flexibility index (Phi) is 4.83. The van der Waals surface area contributed by atoms with Gasteiger partial charge in [0.1, 0.15) is 0 Å². The number of Topliss-reactive ketones (excluding diaryl/α,β-unsaturated/α-hetero) is 1. The Balaban J connectivity index is 2.80. The maximum absolute atomic E-state index is 11.9. The van der Waals surface area contributed by atoms with E-state index in [0.29, 0.717) is 16.8 Å². The van der Waals surface area contributed by atoms with Gasteiger partial charge < -0.3 is 0 Å². The maximum atomic E-state index is 11.9. The van der Waals surface area contributed by atoms with Crippen LogP contribution in [0.25, 0.3) is 0 Å². The van der Waals surface area contributed by atoms with Crippen molar-refractivity contribution in [3.63, 3.8) is 0 Å². The van der Waals surface area contributed by atoms with Crippen molar-refractivity contribution in [2.24, 2.45) is 5.92 Å². The first-order valence-corrected chi connectivity index (χ1v) is 16.2. The van der Waals surface area contributed by atoms with E-state index in [9.17, 15) is 9.59 Å². The van der Waals surface area contributed by atoms with Crippen LogP contribution in [0, 0.1) is 5.92 Å². The number of methoxy groups -OCH3 is 1. The molecule has 0 aromatic carbocycles. The van der Waals surface area contributed by atoms with E-state index in [0.717, 1.165) is 12.8 Å². The zero-order valence-electron chi connectivity index (χ0n) is 10.7. The minimum atomic E-state index is -2.11. The van der Waals surface area contributed by atoms with Gasteiger partial charge in [-0.1, -0.05) is 0 Å². The van der Waals surface area contributed by atoms with Crippen molar-refractivity contribution in [1.29, 1.82) is 0 Å². The van der Waals surface area contributed by atoms with Crippen LogP contribution < -0.4 is 0 Å². The molecule has 0 radical (unpaired) electrons. The van der Waals surface area contributed by atoms with Crippen LogP contribution in [0.2, 0.25) is 18.8 Å². The molecule has 1 aliphatic rings. The Morgan fingerprint density at radius 2 is 2.06 bits per heavy atom. The first-order valence-electron chi connectivity index (χ1n) is 5.95. The molecule has 1 rings (SSSR count). The standard InChI is InChI=1S/C9H13O3.3CH3.Sn/c1-12-9(11)6-7-4-2-3-5-8(7)10;;;;/h4,7H,2-3,5-6H2,1H3;3*1H3;/t7-;;;;/m0..../s1. The second kappa shape index (κ2) is 5.52. The van der Waals surface area contributed by atoms with Crippen molar-refractivity contribution in [2.75, 3.05) is 7.11 Å². The van der Waals surface area contributed by atoms with E-state index in [1.807, 2.05) is 0 Å². The van der Waals surface area contributed by atoms with Gasteiger partial charge in [0, 0.05) is 0 Å². The number of hydrogen-bond donors (Lipinski definition) is 0. The van der Waals surface area contributed by atoms with Gasteiger partial charge in [-0.05, 0) is 0 Å². The van der Waals surface area contributed by atoms with E-state index in [-0.39, 0.29) is 17.7 Å². The fraction of sp³-hybridized carbons (Fsp3) is 0.833. The van der Waals surface area contributed by atoms with E-state index >= 15 is 0 Å². The summed E-state index contributed by atoms with van der Waals surface area (Å²) in [7, 11) is 1.39. The molecule has 0 saturated heterocycles. The first-order chi connectivity index (χ1) is 7.36. The average Bonchev–Trinajstić information content (AvgIpc) is 2.19. The Hall–Kier alpha value is -0.0613. The summed E-state index contributed by atoms with van der Waals surface area (Å²) in [6.45, 7) is 0. The van der Waals surface area contributed by atoms with Crippen LogP contribution in [0.15, 0.2) is 0 Å². The summed E-state index contributed by atoms with van der Waals surface area (Å²) in [5, 5.41) is 0. The molecule has 0 aliphatic heterocycles. The molecule has 3 nitrogen and oxygen atoms in total. The number of ketones is 1. The molecule has 0 aromatic rings. The molecular formula is C12H22O3Sn. The molecule has 0 amide bonds. The van der Waals surface area contributed by atoms with Crippen molar-refractivity contribution < 1.29 is 14.3 Å². The molecule has 0 heterocycles. The van der Waals surface area contributed by atoms with Crippen LogP contribution in [0.1, 0.15) is 25.7 Å². The monoisotopic (exact) mass is 334 g/mol. The third-order valence-electron chi connectivity index (χ3n) is 3.56. The Labute approximate surface area is 102 Å². The summed E-state index contributed by atoms with van der Waals surface area (Å²) >= 11 is -2.11. The molecule has 1 aliphatic carbocycles. The SMILES string of the molecule is COC(=O)C[C@H]1C(=O)CCC[C@@H]1[Sn]([CH3])([CH3])[CH3]. The topological polar surface area (TPSA) is 43.4 Å². The summed E-state index contributed by atoms with van der Waals surface area (Å²) in [6.07, 6.45) is 3.09. The molecule has 0 spiro atoms. The van der Waals surface area contributed by atoms with Crippen LogP contribution in [-0.4, -0.2) is 37.2 Å². The van der Waals surface area contributed by atoms with Crippen LogP contribution in [0.4, 0.5) is 0 Å². The van der Waals surface area contributed by atoms with Crippen molar-refractivity contribution in [3.8, 4) is 0 Å². The Morgan fingerprint density at radius 3 is 2.56 bits per heavy atom. The van der Waals surface area contributed by atoms with Gasteiger partial charge in [-0.15, -0.1) is 0 Å². The normalized spacial score (nSPS) is 26.6. The van der Waals surface area contributed by atoms with E-state index < -0.39 is 18.4 Å². The van der Waals surface area contributed by atoms with Crippen LogP contribution in [-0.2, 0) is 14.3 Å². The molecule has 4 heteroatoms. The zero-order chi connectivity index (χ0) is 12.3. The van der Waals surface area contributed by atoms with Crippen molar-refractivity contribution in [3.05, 3.63) is 0 Å². The van der Waals surface area contributed by atoms with E-state index in [4.69, 9.17) is 4.74 Å². The molecule has 1 fully saturated rings. The molecular weight excluding hydrogens is 311 g/mol. The summed E-state index contributed by atoms with van der Waals surface area (Å²) in [6, 6.07) is 0. The van der Waals surface area contributed by atoms with E-state index in [1.165, 1.54) is 7.11 Å². The summed E-state index contributed by atoms with van der Waals surface area (Å²) in [4.78, 5) is 30.3. The second-order valence-corrected chi connectivity index (χ2v) is 21.3. The molecule has 0 N–H and O–H groups in total. The van der Waals surface area contributed by atoms with Gasteiger partial charge in [-0.25, -0.2) is 0 Å². The number of ether oxygens (including phenoxy) is 1. The summed E-state index contributed by atoms with van der Waals surface area (Å²) in [5.74, 6) is 0.00561. The third kappa shape index (κ3) is 3.47. The summed E-state index contributed by atoms with van der Waals surface area (Å²) in [5.41, 5.74) is 0. The second-order valence-electron chi connectivity index (χ2n) is 5.72. The van der Waals surface area contributed by atoms with Crippen LogP contribution in [0.5, 0.6) is 0 Å². The first kappa shape index (κ1) is 14.0. The predicted molar refractivity (Wildman–Crippen MR) is 66.1 cm³/mol. The Morgan fingerprint density at radius 1 is 1.44 bits per heavy atom. The van der Waals surface area contributed by atoms with Gasteiger partial charge in [-0.3, -0.25) is 0 Å². The molecule has 16 heavy (non-hydrogen) atoms. The summed E-state index contributed by atoms with van der Waals surface area (Å²) < 4.78 is 5.20. The number of rotatable bonds is 3. The third-order valence-corrected chi connectivity index (χ3v) is 11.9. The molecule has 92 valence electrons. The van der Waals surface area contributed by atoms with Gasteiger partial charge in [-0.2, -0.15) is 0 Å². The van der Waals surface area contributed by atoms with E-state index in [1.54, 1.807) is 0 Å². The number of hydrogen-bond acceptors (Lipinski definition) is 3. The van der Waals surface area contributed by atoms with Crippen molar-refractivity contribution >= 4 is 30.1 Å². The van der Waals surface area contributed by atoms with Crippen LogP contribution >= 0.6 is 0 Å². The Bertz CT molecular complexity index is 280. The molecule has 0 bridgehead atoms. The van der Waals surface area contributed by atoms with Gasteiger partial charge in [0.25, 0.3) is 0 Å². The van der Waals surface area contributed by atoms with Crippen molar-refractivity contribution in [2.45, 2.75) is 44.4 Å². The quantitative estimate of drug-likeness (QED) is 0.589. The van der Waals surface area contributed by atoms with Gasteiger partial charge >= 0.3 is 102 Å². The molecule has 0 unspecified atom stereocenters. The molecule has 2 atom stereocenters. The number of carbonyl (C=O) groups excluding carboxylic acids is 2. The fourth-order valence-corrected chi connectivity index (χ4v) is 10.0. The molecule has 1 saturated carbocycles.